The third-order valence-electron chi connectivity index (χ3n) is 2.43. The average Bonchev–Trinajstić information content (AvgIpc) is 2.27. The predicted molar refractivity (Wildman–Crippen MR) is 64.2 cm³/mol. The lowest BCUT2D eigenvalue weighted by Crippen LogP contribution is -2.36. The van der Waals surface area contributed by atoms with E-state index in [0.717, 1.165) is 6.07 Å². The van der Waals surface area contributed by atoms with Crippen LogP contribution < -0.4 is 5.32 Å². The van der Waals surface area contributed by atoms with E-state index in [2.05, 4.69) is 5.32 Å². The Morgan fingerprint density at radius 3 is 2.50 bits per heavy atom. The summed E-state index contributed by atoms with van der Waals surface area (Å²) < 4.78 is 30.6. The number of nitrogens with one attached hydrogen (secondary N) is 1. The van der Waals surface area contributed by atoms with Gasteiger partial charge in [-0.05, 0) is 44.5 Å². The van der Waals surface area contributed by atoms with Crippen molar-refractivity contribution in [2.45, 2.75) is 26.3 Å². The molecule has 0 aliphatic rings. The van der Waals surface area contributed by atoms with Crippen LogP contribution >= 0.6 is 0 Å². The zero-order chi connectivity index (χ0) is 13.5. The predicted octanol–water partition coefficient (Wildman–Crippen LogP) is 2.05. The van der Waals surface area contributed by atoms with E-state index in [1.54, 1.807) is 13.8 Å². The van der Waals surface area contributed by atoms with Gasteiger partial charge in [-0.3, -0.25) is 4.79 Å². The van der Waals surface area contributed by atoms with E-state index in [4.69, 9.17) is 4.74 Å². The maximum absolute atomic E-state index is 12.9. The van der Waals surface area contributed by atoms with Gasteiger partial charge in [-0.1, -0.05) is 0 Å². The van der Waals surface area contributed by atoms with Gasteiger partial charge in [-0.15, -0.1) is 0 Å². The maximum atomic E-state index is 12.9. The second kappa shape index (κ2) is 7.06. The Hall–Kier alpha value is -1.49. The van der Waals surface area contributed by atoms with E-state index < -0.39 is 17.7 Å². The minimum atomic E-state index is -0.594. The molecule has 0 aliphatic heterocycles. The third kappa shape index (κ3) is 4.79. The number of benzene rings is 1. The first-order chi connectivity index (χ1) is 8.52. The van der Waals surface area contributed by atoms with Gasteiger partial charge in [0.25, 0.3) is 0 Å². The highest BCUT2D eigenvalue weighted by Gasteiger charge is 2.12. The van der Waals surface area contributed by atoms with Crippen LogP contribution in [-0.2, 0) is 16.0 Å². The number of carbonyl (C=O) groups is 1. The van der Waals surface area contributed by atoms with E-state index in [0.29, 0.717) is 25.1 Å². The molecule has 1 N–H and O–H groups in total. The molecule has 1 rings (SSSR count). The molecule has 1 aromatic carbocycles. The third-order valence-corrected chi connectivity index (χ3v) is 2.43. The number of halogens is 2. The fourth-order valence-electron chi connectivity index (χ4n) is 1.54. The summed E-state index contributed by atoms with van der Waals surface area (Å²) in [4.78, 5) is 11.3. The number of hydrogen-bond donors (Lipinski definition) is 1. The van der Waals surface area contributed by atoms with Crippen LogP contribution in [0.4, 0.5) is 8.78 Å². The number of rotatable bonds is 6. The lowest BCUT2D eigenvalue weighted by atomic mass is 10.1. The number of hydrogen-bond acceptors (Lipinski definition) is 3. The summed E-state index contributed by atoms with van der Waals surface area (Å²) in [5, 5.41) is 2.94. The van der Waals surface area contributed by atoms with E-state index >= 15 is 0 Å². The molecule has 3 nitrogen and oxygen atoms in total. The highest BCUT2D eigenvalue weighted by atomic mass is 19.1. The molecule has 0 bridgehead atoms. The molecule has 0 fully saturated rings. The lowest BCUT2D eigenvalue weighted by molar-refractivity contribution is -0.145. The lowest BCUT2D eigenvalue weighted by Gasteiger charge is -2.12. The molecule has 5 heteroatoms. The van der Waals surface area contributed by atoms with Crippen LogP contribution in [0, 0.1) is 11.6 Å². The molecule has 0 aromatic heterocycles. The molecule has 0 spiro atoms. The minimum Gasteiger partial charge on any atom is -0.465 e. The first-order valence-electron chi connectivity index (χ1n) is 5.88. The van der Waals surface area contributed by atoms with Gasteiger partial charge >= 0.3 is 5.97 Å². The molecule has 0 amide bonds. The van der Waals surface area contributed by atoms with Crippen molar-refractivity contribution in [3.63, 3.8) is 0 Å². The average molecular weight is 257 g/mol. The second-order valence-corrected chi connectivity index (χ2v) is 3.96. The Labute approximate surface area is 105 Å². The molecule has 0 saturated carbocycles. The topological polar surface area (TPSA) is 38.3 Å². The van der Waals surface area contributed by atoms with Crippen LogP contribution in [0.1, 0.15) is 19.4 Å². The summed E-state index contributed by atoms with van der Waals surface area (Å²) in [6.45, 7) is 4.20. The minimum absolute atomic E-state index is 0.331. The van der Waals surface area contributed by atoms with E-state index in [9.17, 15) is 13.6 Å². The summed E-state index contributed by atoms with van der Waals surface area (Å²) in [6.07, 6.45) is 0.443. The van der Waals surface area contributed by atoms with Crippen molar-refractivity contribution in [1.29, 1.82) is 0 Å². The molecule has 1 atom stereocenters. The van der Waals surface area contributed by atoms with Crippen molar-refractivity contribution in [3.8, 4) is 0 Å². The zero-order valence-electron chi connectivity index (χ0n) is 10.5. The first kappa shape index (κ1) is 14.6. The highest BCUT2D eigenvalue weighted by molar-refractivity contribution is 5.75. The Morgan fingerprint density at radius 2 is 1.94 bits per heavy atom. The molecule has 1 aromatic rings. The molecule has 18 heavy (non-hydrogen) atoms. The SMILES string of the molecule is CCOC(=O)C(C)NCCc1cc(F)cc(F)c1. The molecule has 0 saturated heterocycles. The van der Waals surface area contributed by atoms with Crippen molar-refractivity contribution in [1.82, 2.24) is 5.32 Å². The quantitative estimate of drug-likeness (QED) is 0.793. The summed E-state index contributed by atoms with van der Waals surface area (Å²) in [5.41, 5.74) is 0.552. The Kier molecular flexibility index (Phi) is 5.71. The largest absolute Gasteiger partial charge is 0.465 e. The molecular formula is C13H17F2NO2. The van der Waals surface area contributed by atoms with Gasteiger partial charge in [0.1, 0.15) is 17.7 Å². The second-order valence-electron chi connectivity index (χ2n) is 3.96. The van der Waals surface area contributed by atoms with Gasteiger partial charge in [0.2, 0.25) is 0 Å². The Morgan fingerprint density at radius 1 is 1.33 bits per heavy atom. The highest BCUT2D eigenvalue weighted by Crippen LogP contribution is 2.08. The number of carbonyl (C=O) groups excluding carboxylic acids is 1. The van der Waals surface area contributed by atoms with Gasteiger partial charge in [-0.25, -0.2) is 8.78 Å². The van der Waals surface area contributed by atoms with E-state index in [1.165, 1.54) is 12.1 Å². The van der Waals surface area contributed by atoms with Crippen LogP contribution in [0.3, 0.4) is 0 Å². The van der Waals surface area contributed by atoms with Crippen molar-refractivity contribution in [2.75, 3.05) is 13.2 Å². The number of esters is 1. The van der Waals surface area contributed by atoms with E-state index in [1.807, 2.05) is 0 Å². The van der Waals surface area contributed by atoms with E-state index in [-0.39, 0.29) is 5.97 Å². The van der Waals surface area contributed by atoms with Crippen LogP contribution in [-0.4, -0.2) is 25.2 Å². The monoisotopic (exact) mass is 257 g/mol. The fraction of sp³-hybridized carbons (Fsp3) is 0.462. The fourth-order valence-corrected chi connectivity index (χ4v) is 1.54. The standard InChI is InChI=1S/C13H17F2NO2/c1-3-18-13(17)9(2)16-5-4-10-6-11(14)8-12(15)7-10/h6-9,16H,3-5H2,1-2H3. The van der Waals surface area contributed by atoms with Gasteiger partial charge < -0.3 is 10.1 Å². The van der Waals surface area contributed by atoms with Gasteiger partial charge in [-0.2, -0.15) is 0 Å². The van der Waals surface area contributed by atoms with Crippen molar-refractivity contribution < 1.29 is 18.3 Å². The summed E-state index contributed by atoms with van der Waals surface area (Å²) in [5.74, 6) is -1.52. The van der Waals surface area contributed by atoms with Gasteiger partial charge in [0.15, 0.2) is 0 Å². The molecule has 0 radical (unpaired) electrons. The molecule has 100 valence electrons. The van der Waals surface area contributed by atoms with Crippen LogP contribution in [0.25, 0.3) is 0 Å². The Balaban J connectivity index is 2.39. The summed E-state index contributed by atoms with van der Waals surface area (Å²) in [6, 6.07) is 2.96. The molecule has 0 heterocycles. The van der Waals surface area contributed by atoms with Crippen molar-refractivity contribution >= 4 is 5.97 Å². The zero-order valence-corrected chi connectivity index (χ0v) is 10.5. The smallest absolute Gasteiger partial charge is 0.322 e. The van der Waals surface area contributed by atoms with Crippen molar-refractivity contribution in [3.05, 3.63) is 35.4 Å². The molecule has 0 aliphatic carbocycles. The summed E-state index contributed by atoms with van der Waals surface area (Å²) in [7, 11) is 0. The summed E-state index contributed by atoms with van der Waals surface area (Å²) >= 11 is 0. The Bertz CT molecular complexity index is 390. The van der Waals surface area contributed by atoms with Crippen molar-refractivity contribution in [2.24, 2.45) is 0 Å². The van der Waals surface area contributed by atoms with Crippen LogP contribution in [0.5, 0.6) is 0 Å². The number of ether oxygens (including phenoxy) is 1. The molecule has 1 unspecified atom stereocenters. The van der Waals surface area contributed by atoms with Gasteiger partial charge in [0, 0.05) is 6.07 Å². The molecular weight excluding hydrogens is 240 g/mol. The van der Waals surface area contributed by atoms with Gasteiger partial charge in [0.05, 0.1) is 6.61 Å². The maximum Gasteiger partial charge on any atom is 0.322 e. The normalized spacial score (nSPS) is 12.2. The van der Waals surface area contributed by atoms with Crippen LogP contribution in [0.2, 0.25) is 0 Å². The van der Waals surface area contributed by atoms with Crippen LogP contribution in [0.15, 0.2) is 18.2 Å². The first-order valence-corrected chi connectivity index (χ1v) is 5.88.